The first kappa shape index (κ1) is 23.0. The number of ether oxygens (including phenoxy) is 1. The van der Waals surface area contributed by atoms with Crippen LogP contribution in [-0.2, 0) is 0 Å². The van der Waals surface area contributed by atoms with Gasteiger partial charge in [-0.1, -0.05) is 13.3 Å². The molecule has 3 aromatic rings. The van der Waals surface area contributed by atoms with E-state index >= 15 is 0 Å². The smallest absolute Gasteiger partial charge is 0.123 e. The molecule has 6 heteroatoms. The van der Waals surface area contributed by atoms with Gasteiger partial charge in [0, 0.05) is 23.5 Å². The van der Waals surface area contributed by atoms with E-state index in [-0.39, 0.29) is 24.3 Å². The molecular weight excluding hydrogens is 427 g/mol. The Hall–Kier alpha value is -2.21. The van der Waals surface area contributed by atoms with Crippen LogP contribution in [0.4, 0.5) is 4.39 Å². The minimum absolute atomic E-state index is 0. The molecule has 3 aliphatic rings. The lowest BCUT2D eigenvalue weighted by molar-refractivity contribution is -0.0562. The summed E-state index contributed by atoms with van der Waals surface area (Å²) in [6.07, 6.45) is 2.85. The zero-order valence-electron chi connectivity index (χ0n) is 18.5. The Morgan fingerprint density at radius 1 is 1.19 bits per heavy atom. The molecule has 3 fully saturated rings. The number of rotatable bonds is 5. The van der Waals surface area contributed by atoms with Crippen molar-refractivity contribution in [3.63, 3.8) is 0 Å². The Balaban J connectivity index is 0.00000245. The molecule has 1 aromatic heterocycles. The molecule has 4 heterocycles. The fraction of sp³-hybridized carbons (Fsp3) is 0.423. The Bertz CT molecular complexity index is 1090. The Kier molecular flexibility index (Phi) is 6.70. The highest BCUT2D eigenvalue weighted by atomic mass is 35.5. The van der Waals surface area contributed by atoms with E-state index in [0.29, 0.717) is 5.92 Å². The van der Waals surface area contributed by atoms with Crippen molar-refractivity contribution in [2.45, 2.75) is 38.3 Å². The summed E-state index contributed by atoms with van der Waals surface area (Å²) in [6, 6.07) is 14.2. The lowest BCUT2D eigenvalue weighted by Gasteiger charge is -2.51. The molecule has 3 aliphatic heterocycles. The van der Waals surface area contributed by atoms with Crippen LogP contribution in [0.3, 0.4) is 0 Å². The van der Waals surface area contributed by atoms with Gasteiger partial charge in [-0.25, -0.2) is 9.37 Å². The zero-order valence-corrected chi connectivity index (χ0v) is 19.3. The van der Waals surface area contributed by atoms with E-state index in [9.17, 15) is 9.50 Å². The summed E-state index contributed by atoms with van der Waals surface area (Å²) >= 11 is 0. The van der Waals surface area contributed by atoms with E-state index in [2.05, 4.69) is 11.8 Å². The summed E-state index contributed by atoms with van der Waals surface area (Å²) in [5.41, 5.74) is 3.26. The summed E-state index contributed by atoms with van der Waals surface area (Å²) in [5.74, 6) is 1.90. The third-order valence-corrected chi connectivity index (χ3v) is 7.33. The Labute approximate surface area is 194 Å². The number of fused-ring (bicyclic) bond motifs is 4. The monoisotopic (exact) mass is 456 g/mol. The lowest BCUT2D eigenvalue weighted by atomic mass is 9.72. The van der Waals surface area contributed by atoms with Crippen molar-refractivity contribution in [3.8, 4) is 17.0 Å². The third kappa shape index (κ3) is 4.09. The molecule has 0 amide bonds. The van der Waals surface area contributed by atoms with Gasteiger partial charge in [-0.15, -0.1) is 12.4 Å². The molecule has 170 valence electrons. The van der Waals surface area contributed by atoms with Crippen LogP contribution >= 0.6 is 12.4 Å². The fourth-order valence-electron chi connectivity index (χ4n) is 5.55. The largest absolute Gasteiger partial charge is 0.497 e. The maximum absolute atomic E-state index is 13.5. The number of aromatic nitrogens is 1. The fourth-order valence-corrected chi connectivity index (χ4v) is 5.55. The van der Waals surface area contributed by atoms with Crippen molar-refractivity contribution < 1.29 is 14.2 Å². The summed E-state index contributed by atoms with van der Waals surface area (Å²) in [7, 11) is 1.65. The number of methoxy groups -OCH3 is 1. The summed E-state index contributed by atoms with van der Waals surface area (Å²) in [4.78, 5) is 7.28. The number of halogens is 2. The van der Waals surface area contributed by atoms with Crippen LogP contribution < -0.4 is 4.74 Å². The summed E-state index contributed by atoms with van der Waals surface area (Å²) < 4.78 is 18.9. The van der Waals surface area contributed by atoms with Crippen LogP contribution in [0.5, 0.6) is 5.75 Å². The first-order valence-electron chi connectivity index (χ1n) is 11.2. The van der Waals surface area contributed by atoms with Crippen molar-refractivity contribution >= 4 is 23.3 Å². The van der Waals surface area contributed by atoms with E-state index in [1.54, 1.807) is 19.2 Å². The predicted molar refractivity (Wildman–Crippen MR) is 128 cm³/mol. The minimum Gasteiger partial charge on any atom is -0.497 e. The van der Waals surface area contributed by atoms with Crippen LogP contribution in [0, 0.1) is 17.7 Å². The molecule has 2 aromatic carbocycles. The van der Waals surface area contributed by atoms with Crippen molar-refractivity contribution in [2.24, 2.45) is 11.8 Å². The molecule has 0 spiro atoms. The molecule has 4 nitrogen and oxygen atoms in total. The minimum atomic E-state index is -0.614. The van der Waals surface area contributed by atoms with E-state index in [1.807, 2.05) is 24.3 Å². The van der Waals surface area contributed by atoms with Gasteiger partial charge >= 0.3 is 0 Å². The molecule has 0 aliphatic carbocycles. The number of piperidine rings is 3. The zero-order chi connectivity index (χ0) is 21.5. The van der Waals surface area contributed by atoms with E-state index < -0.39 is 6.10 Å². The lowest BCUT2D eigenvalue weighted by Crippen LogP contribution is -2.55. The summed E-state index contributed by atoms with van der Waals surface area (Å²) in [6.45, 7) is 4.40. The quantitative estimate of drug-likeness (QED) is 0.540. The van der Waals surface area contributed by atoms with Crippen molar-refractivity contribution in [1.82, 2.24) is 9.88 Å². The Morgan fingerprint density at radius 3 is 2.62 bits per heavy atom. The molecule has 5 atom stereocenters. The number of aliphatic hydroxyl groups excluding tert-OH is 1. The first-order valence-corrected chi connectivity index (χ1v) is 11.2. The molecule has 6 rings (SSSR count). The highest BCUT2D eigenvalue weighted by Gasteiger charge is 2.42. The van der Waals surface area contributed by atoms with Crippen LogP contribution in [0.1, 0.15) is 37.9 Å². The van der Waals surface area contributed by atoms with Gasteiger partial charge in [-0.05, 0) is 85.3 Å². The molecular formula is C26H30ClFN2O2. The van der Waals surface area contributed by atoms with Crippen molar-refractivity contribution in [3.05, 3.63) is 59.9 Å². The molecule has 2 bridgehead atoms. The standard InChI is InChI=1S/C26H29FN2O2.ClH/c1-3-16-15-29-11-10-18(16)12-25(29)26(30)22-14-24(17-4-6-19(27)7-5-17)28-23-9-8-20(31-2)13-21(22)23;/h4-9,13-14,16,18,25-26,30H,3,10-12,15H2,1-2H3;1H/t16-,18+,25?,26-;/m0./s1. The molecule has 0 radical (unpaired) electrons. The molecule has 32 heavy (non-hydrogen) atoms. The normalized spacial score (nSPS) is 25.4. The van der Waals surface area contributed by atoms with Gasteiger partial charge < -0.3 is 9.84 Å². The van der Waals surface area contributed by atoms with Gasteiger partial charge in [-0.3, -0.25) is 4.90 Å². The van der Waals surface area contributed by atoms with Crippen LogP contribution in [0.2, 0.25) is 0 Å². The van der Waals surface area contributed by atoms with Gasteiger partial charge in [0.1, 0.15) is 11.6 Å². The second-order valence-corrected chi connectivity index (χ2v) is 8.95. The third-order valence-electron chi connectivity index (χ3n) is 7.33. The second-order valence-electron chi connectivity index (χ2n) is 8.95. The van der Waals surface area contributed by atoms with Crippen LogP contribution in [0.25, 0.3) is 22.2 Å². The first-order chi connectivity index (χ1) is 15.1. The number of hydrogen-bond donors (Lipinski definition) is 1. The van der Waals surface area contributed by atoms with Gasteiger partial charge in [-0.2, -0.15) is 0 Å². The maximum atomic E-state index is 13.5. The van der Waals surface area contributed by atoms with Crippen LogP contribution in [-0.4, -0.2) is 41.2 Å². The number of hydrogen-bond acceptors (Lipinski definition) is 4. The van der Waals surface area contributed by atoms with Crippen LogP contribution in [0.15, 0.2) is 48.5 Å². The predicted octanol–water partition coefficient (Wildman–Crippen LogP) is 5.63. The van der Waals surface area contributed by atoms with Gasteiger partial charge in [0.2, 0.25) is 0 Å². The maximum Gasteiger partial charge on any atom is 0.123 e. The number of aliphatic hydroxyl groups is 1. The highest BCUT2D eigenvalue weighted by molar-refractivity contribution is 5.87. The second kappa shape index (κ2) is 9.34. The number of nitrogens with zero attached hydrogens (tertiary/aromatic N) is 2. The van der Waals surface area contributed by atoms with E-state index in [4.69, 9.17) is 9.72 Å². The van der Waals surface area contributed by atoms with Crippen molar-refractivity contribution in [1.29, 1.82) is 0 Å². The molecule has 3 saturated heterocycles. The molecule has 0 saturated carbocycles. The van der Waals surface area contributed by atoms with E-state index in [0.717, 1.165) is 58.9 Å². The van der Waals surface area contributed by atoms with Gasteiger partial charge in [0.25, 0.3) is 0 Å². The number of pyridine rings is 1. The topological polar surface area (TPSA) is 45.6 Å². The summed E-state index contributed by atoms with van der Waals surface area (Å²) in [5, 5.41) is 12.5. The average Bonchev–Trinajstić information content (AvgIpc) is 2.83. The SMILES string of the molecule is CC[C@H]1CN2CC[C@@H]1CC2[C@@H](O)c1cc(-c2ccc(F)cc2)nc2ccc(OC)cc12.Cl. The number of benzene rings is 2. The van der Waals surface area contributed by atoms with Gasteiger partial charge in [0.15, 0.2) is 0 Å². The van der Waals surface area contributed by atoms with E-state index in [1.165, 1.54) is 25.0 Å². The molecule has 1 N–H and O–H groups in total. The average molecular weight is 457 g/mol. The highest BCUT2D eigenvalue weighted by Crippen LogP contribution is 2.43. The Morgan fingerprint density at radius 2 is 1.97 bits per heavy atom. The molecule has 2 unspecified atom stereocenters. The van der Waals surface area contributed by atoms with Gasteiger partial charge in [0.05, 0.1) is 24.4 Å². The van der Waals surface area contributed by atoms with Crippen molar-refractivity contribution in [2.75, 3.05) is 20.2 Å².